The maximum absolute atomic E-state index is 12.8. The Hall–Kier alpha value is -2.71. The molecule has 2 fully saturated rings. The summed E-state index contributed by atoms with van der Waals surface area (Å²) >= 11 is 0. The number of carbonyl (C=O) groups is 1. The molecule has 3 aliphatic rings. The molecule has 0 bridgehead atoms. The number of benzene rings is 1. The predicted octanol–water partition coefficient (Wildman–Crippen LogP) is -1.65. The van der Waals surface area contributed by atoms with Crippen molar-refractivity contribution in [2.45, 2.75) is 94.4 Å². The Kier molecular flexibility index (Phi) is 13.3. The van der Waals surface area contributed by atoms with E-state index in [4.69, 9.17) is 33.2 Å². The van der Waals surface area contributed by atoms with E-state index in [2.05, 4.69) is 0 Å². The number of esters is 1. The third-order valence-electron chi connectivity index (χ3n) is 8.92. The SMILES string of the molecule is C/C=C1/[C@H](OC2O[C@@H](CO)[C@H](O)[C@@H](O)[C@@H]2O)OC=C(C(=O)OC)[C@]1(C)CCOC[C@@H]1OC(OCCc2ccc(O)cc2)[C@@H](O)[C@H](O)[C@H]1O. The van der Waals surface area contributed by atoms with Crippen molar-refractivity contribution in [3.05, 3.63) is 53.3 Å². The van der Waals surface area contributed by atoms with Gasteiger partial charge in [0.15, 0.2) is 12.6 Å². The van der Waals surface area contributed by atoms with E-state index in [0.29, 0.717) is 12.0 Å². The smallest absolute Gasteiger partial charge is 0.337 e. The molecule has 0 radical (unpaired) electrons. The number of aliphatic hydroxyl groups excluding tert-OH is 7. The van der Waals surface area contributed by atoms with E-state index in [1.165, 1.54) is 19.2 Å². The molecule has 0 amide bonds. The van der Waals surface area contributed by atoms with Crippen LogP contribution in [-0.4, -0.2) is 148 Å². The summed E-state index contributed by atoms with van der Waals surface area (Å²) in [7, 11) is 1.21. The van der Waals surface area contributed by atoms with Gasteiger partial charge in [-0.3, -0.25) is 0 Å². The van der Waals surface area contributed by atoms with Crippen LogP contribution in [0.2, 0.25) is 0 Å². The summed E-state index contributed by atoms with van der Waals surface area (Å²) in [6.45, 7) is 2.60. The van der Waals surface area contributed by atoms with Gasteiger partial charge in [0.2, 0.25) is 6.29 Å². The van der Waals surface area contributed by atoms with Crippen molar-refractivity contribution < 1.29 is 78.8 Å². The molecule has 0 spiro atoms. The van der Waals surface area contributed by atoms with Gasteiger partial charge in [-0.15, -0.1) is 0 Å². The summed E-state index contributed by atoms with van der Waals surface area (Å²) in [5.74, 6) is -0.573. The Morgan fingerprint density at radius 2 is 1.52 bits per heavy atom. The summed E-state index contributed by atoms with van der Waals surface area (Å²) in [5.41, 5.74) is 0.243. The summed E-state index contributed by atoms with van der Waals surface area (Å²) in [6.07, 6.45) is -12.5. The van der Waals surface area contributed by atoms with Crippen molar-refractivity contribution in [3.63, 3.8) is 0 Å². The van der Waals surface area contributed by atoms with Gasteiger partial charge in [-0.2, -0.15) is 0 Å². The summed E-state index contributed by atoms with van der Waals surface area (Å²) < 4.78 is 39.2. The van der Waals surface area contributed by atoms with Crippen LogP contribution in [0.4, 0.5) is 0 Å². The maximum atomic E-state index is 12.8. The molecule has 48 heavy (non-hydrogen) atoms. The van der Waals surface area contributed by atoms with Crippen LogP contribution in [0.25, 0.3) is 0 Å². The van der Waals surface area contributed by atoms with E-state index in [-0.39, 0.29) is 37.6 Å². The topological polar surface area (TPSA) is 244 Å². The van der Waals surface area contributed by atoms with Crippen LogP contribution in [0.15, 0.2) is 47.7 Å². The molecular formula is C32H46O16. The number of aromatic hydroxyl groups is 1. The summed E-state index contributed by atoms with van der Waals surface area (Å²) in [5, 5.41) is 81.3. The summed E-state index contributed by atoms with van der Waals surface area (Å²) in [4.78, 5) is 12.8. The molecular weight excluding hydrogens is 640 g/mol. The average molecular weight is 687 g/mol. The standard InChI is InChI=1S/C32H46O16/c1-4-18-29(48-31-27(40)24(37)22(35)20(13-33)46-31)45-14-19(28(41)42-3)32(18,2)10-12-43-15-21-23(36)25(38)26(39)30(47-21)44-11-9-16-5-7-17(34)8-6-16/h4-8,14,20-27,29-31,33-40H,9-13,15H2,1-3H3/b18-4-/t20-,21-,22-,23-,24+,25+,26-,27-,29-,30?,31?,32+/m0/s1. The van der Waals surface area contributed by atoms with Crippen molar-refractivity contribution in [2.75, 3.05) is 33.5 Å². The first kappa shape index (κ1) is 38.1. The fourth-order valence-electron chi connectivity index (χ4n) is 5.90. The molecule has 3 heterocycles. The predicted molar refractivity (Wildman–Crippen MR) is 162 cm³/mol. The maximum Gasteiger partial charge on any atom is 0.337 e. The molecule has 8 N–H and O–H groups in total. The molecule has 2 unspecified atom stereocenters. The normalized spacial score (nSPS) is 37.9. The number of hydrogen-bond acceptors (Lipinski definition) is 16. The van der Waals surface area contributed by atoms with Crippen molar-refractivity contribution in [1.82, 2.24) is 0 Å². The zero-order chi connectivity index (χ0) is 35.2. The Morgan fingerprint density at radius 1 is 0.896 bits per heavy atom. The highest BCUT2D eigenvalue weighted by Gasteiger charge is 2.50. The van der Waals surface area contributed by atoms with E-state index in [1.807, 2.05) is 0 Å². The average Bonchev–Trinajstić information content (AvgIpc) is 3.08. The van der Waals surface area contributed by atoms with Gasteiger partial charge in [0.25, 0.3) is 0 Å². The quantitative estimate of drug-likeness (QED) is 0.0658. The first-order valence-corrected chi connectivity index (χ1v) is 15.6. The van der Waals surface area contributed by atoms with Gasteiger partial charge in [0.05, 0.1) is 38.8 Å². The highest BCUT2D eigenvalue weighted by molar-refractivity contribution is 5.90. The first-order chi connectivity index (χ1) is 22.9. The molecule has 0 aliphatic carbocycles. The van der Waals surface area contributed by atoms with Gasteiger partial charge in [-0.1, -0.05) is 25.1 Å². The van der Waals surface area contributed by atoms with Crippen LogP contribution in [0, 0.1) is 5.41 Å². The Balaban J connectivity index is 1.39. The summed E-state index contributed by atoms with van der Waals surface area (Å²) in [6, 6.07) is 6.50. The number of phenolic OH excluding ortho intramolecular Hbond substituents is 1. The third-order valence-corrected chi connectivity index (χ3v) is 8.92. The van der Waals surface area contributed by atoms with Gasteiger partial charge in [-0.05, 0) is 37.5 Å². The largest absolute Gasteiger partial charge is 0.508 e. The van der Waals surface area contributed by atoms with Gasteiger partial charge in [-0.25, -0.2) is 4.79 Å². The third kappa shape index (κ3) is 8.35. The Bertz CT molecular complexity index is 1250. The second-order valence-corrected chi connectivity index (χ2v) is 12.0. The fraction of sp³-hybridized carbons (Fsp3) is 0.656. The zero-order valence-electron chi connectivity index (χ0n) is 26.9. The lowest BCUT2D eigenvalue weighted by atomic mass is 9.71. The zero-order valence-corrected chi connectivity index (χ0v) is 26.9. The monoisotopic (exact) mass is 686 g/mol. The highest BCUT2D eigenvalue weighted by atomic mass is 16.8. The number of hydrogen-bond donors (Lipinski definition) is 8. The molecule has 3 aliphatic heterocycles. The minimum absolute atomic E-state index is 0.0213. The molecule has 0 aromatic heterocycles. The Labute approximate surface area is 277 Å². The van der Waals surface area contributed by atoms with E-state index < -0.39 is 85.7 Å². The molecule has 12 atom stereocenters. The Morgan fingerprint density at radius 3 is 2.15 bits per heavy atom. The van der Waals surface area contributed by atoms with Crippen LogP contribution < -0.4 is 0 Å². The lowest BCUT2D eigenvalue weighted by Gasteiger charge is -2.44. The van der Waals surface area contributed by atoms with Gasteiger partial charge < -0.3 is 74.0 Å². The van der Waals surface area contributed by atoms with Crippen LogP contribution >= 0.6 is 0 Å². The lowest BCUT2D eigenvalue weighted by molar-refractivity contribution is -0.328. The van der Waals surface area contributed by atoms with E-state index >= 15 is 0 Å². The highest BCUT2D eigenvalue weighted by Crippen LogP contribution is 2.46. The molecule has 1 aromatic rings. The van der Waals surface area contributed by atoms with Crippen molar-refractivity contribution in [1.29, 1.82) is 0 Å². The number of methoxy groups -OCH3 is 1. The fourth-order valence-corrected chi connectivity index (χ4v) is 5.90. The molecule has 270 valence electrons. The number of allylic oxidation sites excluding steroid dienone is 1. The van der Waals surface area contributed by atoms with E-state index in [9.17, 15) is 45.6 Å². The van der Waals surface area contributed by atoms with E-state index in [0.717, 1.165) is 11.8 Å². The van der Waals surface area contributed by atoms with Gasteiger partial charge in [0.1, 0.15) is 54.6 Å². The van der Waals surface area contributed by atoms with Crippen molar-refractivity contribution in [2.24, 2.45) is 5.41 Å². The van der Waals surface area contributed by atoms with Crippen LogP contribution in [0.3, 0.4) is 0 Å². The molecule has 0 saturated carbocycles. The molecule has 1 aromatic carbocycles. The van der Waals surface area contributed by atoms with Gasteiger partial charge in [0, 0.05) is 17.6 Å². The number of ether oxygens (including phenoxy) is 7. The van der Waals surface area contributed by atoms with Gasteiger partial charge >= 0.3 is 5.97 Å². The molecule has 2 saturated heterocycles. The molecule has 16 nitrogen and oxygen atoms in total. The number of carbonyl (C=O) groups excluding carboxylic acids is 1. The molecule has 4 rings (SSSR count). The molecule has 16 heteroatoms. The number of aliphatic hydroxyl groups is 7. The second-order valence-electron chi connectivity index (χ2n) is 12.0. The first-order valence-electron chi connectivity index (χ1n) is 15.6. The minimum atomic E-state index is -1.69. The van der Waals surface area contributed by atoms with Crippen molar-refractivity contribution in [3.8, 4) is 5.75 Å². The minimum Gasteiger partial charge on any atom is -0.508 e. The van der Waals surface area contributed by atoms with E-state index in [1.54, 1.807) is 32.1 Å². The van der Waals surface area contributed by atoms with Crippen LogP contribution in [0.5, 0.6) is 5.75 Å². The van der Waals surface area contributed by atoms with Crippen LogP contribution in [-0.2, 0) is 44.4 Å². The lowest BCUT2D eigenvalue weighted by Crippen LogP contribution is -2.60. The number of rotatable bonds is 13. The number of phenols is 1. The van der Waals surface area contributed by atoms with Crippen LogP contribution in [0.1, 0.15) is 25.8 Å². The van der Waals surface area contributed by atoms with Crippen molar-refractivity contribution >= 4 is 5.97 Å². The second kappa shape index (κ2) is 16.8.